The van der Waals surface area contributed by atoms with E-state index in [0.29, 0.717) is 5.15 Å². The Balaban J connectivity index is 2.27. The molecule has 2 heterocycles. The molecule has 0 aromatic carbocycles. The second-order valence-corrected chi connectivity index (χ2v) is 5.84. The summed E-state index contributed by atoms with van der Waals surface area (Å²) in [6, 6.07) is 1.74. The van der Waals surface area contributed by atoms with Crippen molar-refractivity contribution in [3.05, 3.63) is 22.6 Å². The Labute approximate surface area is 106 Å². The third kappa shape index (κ3) is 2.90. The van der Waals surface area contributed by atoms with Crippen LogP contribution in [0.25, 0.3) is 0 Å². The normalized spacial score (nSPS) is 11.0. The molecule has 0 amide bonds. The van der Waals surface area contributed by atoms with Crippen LogP contribution < -0.4 is 0 Å². The van der Waals surface area contributed by atoms with Gasteiger partial charge in [-0.3, -0.25) is 0 Å². The Morgan fingerprint density at radius 1 is 1.38 bits per heavy atom. The van der Waals surface area contributed by atoms with Crippen molar-refractivity contribution in [1.29, 1.82) is 0 Å². The van der Waals surface area contributed by atoms with Gasteiger partial charge < -0.3 is 0 Å². The lowest BCUT2D eigenvalue weighted by atomic mass is 10.2. The highest BCUT2D eigenvalue weighted by atomic mass is 35.5. The Hall–Kier alpha value is -0.720. The summed E-state index contributed by atoms with van der Waals surface area (Å²) in [4.78, 5) is 8.59. The average Bonchev–Trinajstić information content (AvgIpc) is 2.69. The van der Waals surface area contributed by atoms with Crippen molar-refractivity contribution >= 4 is 34.7 Å². The molecule has 2 aromatic rings. The Kier molecular flexibility index (Phi) is 3.73. The zero-order valence-electron chi connectivity index (χ0n) is 8.72. The average molecular weight is 273 g/mol. The molecule has 0 fully saturated rings. The van der Waals surface area contributed by atoms with Crippen LogP contribution in [0, 0.1) is 0 Å². The van der Waals surface area contributed by atoms with Crippen molar-refractivity contribution in [2.45, 2.75) is 29.1 Å². The predicted molar refractivity (Wildman–Crippen MR) is 65.2 cm³/mol. The molecule has 7 heteroatoms. The van der Waals surface area contributed by atoms with Crippen LogP contribution in [0.15, 0.2) is 20.9 Å². The van der Waals surface area contributed by atoms with E-state index in [1.807, 2.05) is 13.8 Å². The second kappa shape index (κ2) is 5.07. The molecule has 2 aromatic heterocycles. The molecule has 0 saturated heterocycles. The Morgan fingerprint density at radius 2 is 2.19 bits per heavy atom. The van der Waals surface area contributed by atoms with Crippen molar-refractivity contribution in [2.24, 2.45) is 0 Å². The lowest BCUT2D eigenvalue weighted by Crippen LogP contribution is -1.98. The highest BCUT2D eigenvalue weighted by Crippen LogP contribution is 2.29. The van der Waals surface area contributed by atoms with Gasteiger partial charge in [-0.2, -0.15) is 0 Å². The van der Waals surface area contributed by atoms with Gasteiger partial charge in [-0.25, -0.2) is 9.97 Å². The lowest BCUT2D eigenvalue weighted by molar-refractivity contribution is 0.753. The summed E-state index contributed by atoms with van der Waals surface area (Å²) in [5.74, 6) is 1.01. The van der Waals surface area contributed by atoms with E-state index in [9.17, 15) is 0 Å². The van der Waals surface area contributed by atoms with Crippen molar-refractivity contribution in [2.75, 3.05) is 0 Å². The minimum atomic E-state index is 0.257. The van der Waals surface area contributed by atoms with E-state index >= 15 is 0 Å². The fourth-order valence-corrected chi connectivity index (χ4v) is 2.71. The van der Waals surface area contributed by atoms with E-state index in [0.717, 1.165) is 15.2 Å². The van der Waals surface area contributed by atoms with E-state index in [1.165, 1.54) is 23.1 Å². The van der Waals surface area contributed by atoms with Crippen molar-refractivity contribution < 1.29 is 0 Å². The predicted octanol–water partition coefficient (Wildman–Crippen LogP) is 3.26. The molecule has 84 valence electrons. The summed E-state index contributed by atoms with van der Waals surface area (Å²) >= 11 is 8.86. The van der Waals surface area contributed by atoms with Crippen LogP contribution in [0.3, 0.4) is 0 Å². The molecule has 0 N–H and O–H groups in total. The minimum Gasteiger partial charge on any atom is -0.226 e. The molecule has 0 aliphatic carbocycles. The number of aromatic nitrogens is 4. The quantitative estimate of drug-likeness (QED) is 0.803. The zero-order valence-corrected chi connectivity index (χ0v) is 11.1. The maximum absolute atomic E-state index is 5.94. The van der Waals surface area contributed by atoms with Gasteiger partial charge in [0.2, 0.25) is 0 Å². The maximum Gasteiger partial charge on any atom is 0.180 e. The summed E-state index contributed by atoms with van der Waals surface area (Å²) in [5, 5.41) is 8.98. The third-order valence-corrected chi connectivity index (χ3v) is 3.63. The molecule has 0 saturated carbocycles. The van der Waals surface area contributed by atoms with Crippen LogP contribution in [0.5, 0.6) is 0 Å². The minimum absolute atomic E-state index is 0.257. The van der Waals surface area contributed by atoms with Gasteiger partial charge in [0.1, 0.15) is 21.5 Å². The first-order chi connectivity index (χ1) is 7.65. The van der Waals surface area contributed by atoms with Gasteiger partial charge >= 0.3 is 0 Å². The van der Waals surface area contributed by atoms with E-state index in [4.69, 9.17) is 11.6 Å². The molecule has 0 spiro atoms. The van der Waals surface area contributed by atoms with Crippen LogP contribution in [-0.2, 0) is 0 Å². The topological polar surface area (TPSA) is 51.6 Å². The molecule has 0 atom stereocenters. The molecule has 0 bridgehead atoms. The van der Waals surface area contributed by atoms with E-state index in [-0.39, 0.29) is 5.92 Å². The van der Waals surface area contributed by atoms with Crippen molar-refractivity contribution in [3.8, 4) is 0 Å². The molecule has 0 aliphatic rings. The fourth-order valence-electron chi connectivity index (χ4n) is 1.02. The molecule has 16 heavy (non-hydrogen) atoms. The number of hydrogen-bond donors (Lipinski definition) is 0. The van der Waals surface area contributed by atoms with Crippen LogP contribution in [-0.4, -0.2) is 20.2 Å². The molecular weight excluding hydrogens is 264 g/mol. The van der Waals surface area contributed by atoms with Crippen LogP contribution in [0.2, 0.25) is 5.15 Å². The summed E-state index contributed by atoms with van der Waals surface area (Å²) in [5.41, 5.74) is 1.69. The van der Waals surface area contributed by atoms with Gasteiger partial charge in [0.25, 0.3) is 0 Å². The number of halogens is 1. The van der Waals surface area contributed by atoms with Crippen molar-refractivity contribution in [3.63, 3.8) is 0 Å². The molecule has 0 unspecified atom stereocenters. The van der Waals surface area contributed by atoms with Gasteiger partial charge in [0.05, 0.1) is 0 Å². The van der Waals surface area contributed by atoms with Crippen LogP contribution in [0.1, 0.15) is 25.6 Å². The molecule has 0 aliphatic heterocycles. The largest absolute Gasteiger partial charge is 0.226 e. The second-order valence-electron chi connectivity index (χ2n) is 3.35. The zero-order chi connectivity index (χ0) is 11.5. The van der Waals surface area contributed by atoms with Gasteiger partial charge in [0, 0.05) is 12.0 Å². The first-order valence-corrected chi connectivity index (χ1v) is 6.71. The van der Waals surface area contributed by atoms with E-state index in [2.05, 4.69) is 20.2 Å². The number of nitrogens with zero attached hydrogens (tertiary/aromatic N) is 4. The van der Waals surface area contributed by atoms with E-state index in [1.54, 1.807) is 11.6 Å². The first-order valence-electron chi connectivity index (χ1n) is 4.63. The Bertz CT molecular complexity index is 472. The van der Waals surface area contributed by atoms with Gasteiger partial charge in [-0.15, -0.1) is 10.2 Å². The lowest BCUT2D eigenvalue weighted by Gasteiger charge is -2.05. The maximum atomic E-state index is 5.94. The van der Waals surface area contributed by atoms with E-state index < -0.39 is 0 Å². The highest BCUT2D eigenvalue weighted by molar-refractivity contribution is 8.00. The summed E-state index contributed by atoms with van der Waals surface area (Å²) < 4.78 is 0.851. The smallest absolute Gasteiger partial charge is 0.180 e. The molecule has 2 rings (SSSR count). The molecular formula is C9H9ClN4S2. The number of rotatable bonds is 3. The van der Waals surface area contributed by atoms with Gasteiger partial charge in [-0.1, -0.05) is 36.8 Å². The third-order valence-electron chi connectivity index (χ3n) is 1.74. The summed E-state index contributed by atoms with van der Waals surface area (Å²) in [7, 11) is 0. The van der Waals surface area contributed by atoms with Crippen molar-refractivity contribution in [1.82, 2.24) is 20.2 Å². The summed E-state index contributed by atoms with van der Waals surface area (Å²) in [6.45, 7) is 4.07. The fraction of sp³-hybridized carbons (Fsp3) is 0.333. The SMILES string of the molecule is CC(C)c1nc(Cl)cc(Sc2nncs2)n1. The number of hydrogen-bond acceptors (Lipinski definition) is 6. The molecule has 0 radical (unpaired) electrons. The summed E-state index contributed by atoms with van der Waals surface area (Å²) in [6.07, 6.45) is 0. The van der Waals surface area contributed by atoms with Gasteiger partial charge in [0.15, 0.2) is 4.34 Å². The standard InChI is InChI=1S/C9H9ClN4S2/c1-5(2)8-12-6(10)3-7(13-8)16-9-14-11-4-15-9/h3-5H,1-2H3. The van der Waals surface area contributed by atoms with Crippen LogP contribution >= 0.6 is 34.7 Å². The highest BCUT2D eigenvalue weighted by Gasteiger charge is 2.09. The Morgan fingerprint density at radius 3 is 2.81 bits per heavy atom. The first kappa shape index (κ1) is 11.8. The molecule has 4 nitrogen and oxygen atoms in total. The van der Waals surface area contributed by atoms with Crippen LogP contribution in [0.4, 0.5) is 0 Å². The van der Waals surface area contributed by atoms with Gasteiger partial charge in [-0.05, 0) is 11.8 Å². The monoisotopic (exact) mass is 272 g/mol.